The van der Waals surface area contributed by atoms with Crippen LogP contribution in [0.4, 0.5) is 0 Å². The number of aromatic nitrogens is 4. The Kier molecular flexibility index (Phi) is 4.30. The maximum atomic E-state index is 13.0. The highest BCUT2D eigenvalue weighted by Gasteiger charge is 2.30. The summed E-state index contributed by atoms with van der Waals surface area (Å²) in [6.45, 7) is 1.27. The smallest absolute Gasteiger partial charge is 0.244 e. The van der Waals surface area contributed by atoms with E-state index in [2.05, 4.69) is 15.5 Å². The SMILES string of the molecule is CNC(C(=O)N1CCc2c(cnn2-c2ccccc2)C1)c1cnn(C)c1. The number of aryl methyl sites for hydroxylation is 1. The van der Waals surface area contributed by atoms with Crippen molar-refractivity contribution in [1.82, 2.24) is 29.8 Å². The predicted molar refractivity (Wildman–Crippen MR) is 97.7 cm³/mol. The summed E-state index contributed by atoms with van der Waals surface area (Å²) in [5.41, 5.74) is 4.22. The Hall–Kier alpha value is -2.93. The molecule has 0 radical (unpaired) electrons. The van der Waals surface area contributed by atoms with Crippen LogP contribution in [-0.4, -0.2) is 44.0 Å². The fourth-order valence-electron chi connectivity index (χ4n) is 3.52. The van der Waals surface area contributed by atoms with E-state index in [0.717, 1.165) is 23.2 Å². The number of rotatable bonds is 4. The molecule has 3 aromatic rings. The monoisotopic (exact) mass is 350 g/mol. The van der Waals surface area contributed by atoms with E-state index < -0.39 is 0 Å². The molecular weight excluding hydrogens is 328 g/mol. The first-order chi connectivity index (χ1) is 12.7. The number of carbonyl (C=O) groups excluding carboxylic acids is 1. The van der Waals surface area contributed by atoms with Gasteiger partial charge in [-0.2, -0.15) is 10.2 Å². The molecule has 0 saturated heterocycles. The number of para-hydroxylation sites is 1. The van der Waals surface area contributed by atoms with Gasteiger partial charge in [-0.1, -0.05) is 18.2 Å². The number of likely N-dealkylation sites (N-methyl/N-ethyl adjacent to an activating group) is 1. The summed E-state index contributed by atoms with van der Waals surface area (Å²) in [7, 11) is 3.66. The van der Waals surface area contributed by atoms with E-state index >= 15 is 0 Å². The highest BCUT2D eigenvalue weighted by molar-refractivity contribution is 5.83. The highest BCUT2D eigenvalue weighted by Crippen LogP contribution is 2.24. The third-order valence-corrected chi connectivity index (χ3v) is 4.84. The van der Waals surface area contributed by atoms with Crippen LogP contribution in [0, 0.1) is 0 Å². The number of nitrogens with zero attached hydrogens (tertiary/aromatic N) is 5. The van der Waals surface area contributed by atoms with Gasteiger partial charge in [0.1, 0.15) is 6.04 Å². The standard InChI is InChI=1S/C19H22N6O/c1-20-18(15-11-21-23(2)12-15)19(26)24-9-8-17-14(13-24)10-22-25(17)16-6-4-3-5-7-16/h3-7,10-12,18,20H,8-9,13H2,1-2H3. The first kappa shape index (κ1) is 16.5. The van der Waals surface area contributed by atoms with Gasteiger partial charge in [0.2, 0.25) is 5.91 Å². The third-order valence-electron chi connectivity index (χ3n) is 4.84. The molecule has 7 heteroatoms. The van der Waals surface area contributed by atoms with Crippen LogP contribution in [0.15, 0.2) is 48.9 Å². The number of carbonyl (C=O) groups is 1. The van der Waals surface area contributed by atoms with Gasteiger partial charge in [-0.3, -0.25) is 9.48 Å². The minimum Gasteiger partial charge on any atom is -0.336 e. The van der Waals surface area contributed by atoms with Crippen molar-refractivity contribution in [2.45, 2.75) is 19.0 Å². The molecule has 134 valence electrons. The summed E-state index contributed by atoms with van der Waals surface area (Å²) in [5, 5.41) is 11.8. The summed E-state index contributed by atoms with van der Waals surface area (Å²) in [6, 6.07) is 9.72. The van der Waals surface area contributed by atoms with Crippen LogP contribution in [0.5, 0.6) is 0 Å². The quantitative estimate of drug-likeness (QED) is 0.773. The topological polar surface area (TPSA) is 68.0 Å². The minimum absolute atomic E-state index is 0.0682. The Balaban J connectivity index is 1.55. The zero-order valence-corrected chi connectivity index (χ0v) is 15.0. The number of hydrogen-bond acceptors (Lipinski definition) is 4. The lowest BCUT2D eigenvalue weighted by Gasteiger charge is -2.30. The first-order valence-electron chi connectivity index (χ1n) is 8.73. The molecule has 1 N–H and O–H groups in total. The molecule has 7 nitrogen and oxygen atoms in total. The lowest BCUT2D eigenvalue weighted by atomic mass is 10.0. The van der Waals surface area contributed by atoms with Gasteiger partial charge < -0.3 is 10.2 Å². The highest BCUT2D eigenvalue weighted by atomic mass is 16.2. The second-order valence-corrected chi connectivity index (χ2v) is 6.54. The van der Waals surface area contributed by atoms with Gasteiger partial charge in [-0.25, -0.2) is 4.68 Å². The van der Waals surface area contributed by atoms with Crippen LogP contribution in [0.3, 0.4) is 0 Å². The Bertz CT molecular complexity index is 913. The second-order valence-electron chi connectivity index (χ2n) is 6.54. The fraction of sp³-hybridized carbons (Fsp3) is 0.316. The van der Waals surface area contributed by atoms with Gasteiger partial charge in [0.15, 0.2) is 0 Å². The zero-order chi connectivity index (χ0) is 18.1. The lowest BCUT2D eigenvalue weighted by molar-refractivity contribution is -0.134. The van der Waals surface area contributed by atoms with E-state index in [1.165, 1.54) is 5.69 Å². The average molecular weight is 350 g/mol. The van der Waals surface area contributed by atoms with Crippen molar-refractivity contribution in [3.63, 3.8) is 0 Å². The van der Waals surface area contributed by atoms with Crippen LogP contribution in [0.1, 0.15) is 22.9 Å². The number of benzene rings is 1. The molecule has 0 bridgehead atoms. The maximum Gasteiger partial charge on any atom is 0.244 e. The molecule has 1 aliphatic heterocycles. The molecule has 1 atom stereocenters. The van der Waals surface area contributed by atoms with Crippen LogP contribution >= 0.6 is 0 Å². The Labute approximate surface area is 152 Å². The van der Waals surface area contributed by atoms with Crippen LogP contribution in [0.2, 0.25) is 0 Å². The molecule has 2 aromatic heterocycles. The van der Waals surface area contributed by atoms with Crippen LogP contribution in [-0.2, 0) is 24.8 Å². The zero-order valence-electron chi connectivity index (χ0n) is 15.0. The Morgan fingerprint density at radius 2 is 2.00 bits per heavy atom. The summed E-state index contributed by atoms with van der Waals surface area (Å²) in [4.78, 5) is 14.9. The molecule has 1 aromatic carbocycles. The number of nitrogens with one attached hydrogen (secondary N) is 1. The first-order valence-corrected chi connectivity index (χ1v) is 8.73. The van der Waals surface area contributed by atoms with E-state index in [9.17, 15) is 4.79 Å². The fourth-order valence-corrected chi connectivity index (χ4v) is 3.52. The Morgan fingerprint density at radius 3 is 2.69 bits per heavy atom. The molecular formula is C19H22N6O. The van der Waals surface area contributed by atoms with Crippen molar-refractivity contribution < 1.29 is 4.79 Å². The third kappa shape index (κ3) is 2.90. The summed E-state index contributed by atoms with van der Waals surface area (Å²) in [5.74, 6) is 0.0682. The summed E-state index contributed by atoms with van der Waals surface area (Å²) in [6.07, 6.45) is 6.28. The number of amides is 1. The van der Waals surface area contributed by atoms with Gasteiger partial charge in [0, 0.05) is 43.9 Å². The van der Waals surface area contributed by atoms with Gasteiger partial charge in [0.05, 0.1) is 23.8 Å². The molecule has 0 aliphatic carbocycles. The normalized spacial score (nSPS) is 14.9. The van der Waals surface area contributed by atoms with Crippen LogP contribution in [0.25, 0.3) is 5.69 Å². The summed E-state index contributed by atoms with van der Waals surface area (Å²) < 4.78 is 3.69. The van der Waals surface area contributed by atoms with Gasteiger partial charge in [0.25, 0.3) is 0 Å². The number of hydrogen-bond donors (Lipinski definition) is 1. The van der Waals surface area contributed by atoms with Gasteiger partial charge in [-0.05, 0) is 19.2 Å². The van der Waals surface area contributed by atoms with E-state index in [-0.39, 0.29) is 11.9 Å². The van der Waals surface area contributed by atoms with Gasteiger partial charge >= 0.3 is 0 Å². The van der Waals surface area contributed by atoms with Crippen molar-refractivity contribution >= 4 is 5.91 Å². The maximum absolute atomic E-state index is 13.0. The molecule has 4 rings (SSSR count). The largest absolute Gasteiger partial charge is 0.336 e. The van der Waals surface area contributed by atoms with Crippen molar-refractivity contribution in [1.29, 1.82) is 0 Å². The molecule has 0 saturated carbocycles. The number of fused-ring (bicyclic) bond motifs is 1. The van der Waals surface area contributed by atoms with Crippen molar-refractivity contribution in [3.05, 3.63) is 65.7 Å². The van der Waals surface area contributed by atoms with Crippen LogP contribution < -0.4 is 5.32 Å². The molecule has 1 unspecified atom stereocenters. The molecule has 26 heavy (non-hydrogen) atoms. The molecule has 1 amide bonds. The van der Waals surface area contributed by atoms with Crippen molar-refractivity contribution in [2.75, 3.05) is 13.6 Å². The minimum atomic E-state index is -0.380. The van der Waals surface area contributed by atoms with Gasteiger partial charge in [-0.15, -0.1) is 0 Å². The second kappa shape index (κ2) is 6.76. The van der Waals surface area contributed by atoms with Crippen molar-refractivity contribution in [2.24, 2.45) is 7.05 Å². The van der Waals surface area contributed by atoms with E-state index in [4.69, 9.17) is 0 Å². The lowest BCUT2D eigenvalue weighted by Crippen LogP contribution is -2.42. The van der Waals surface area contributed by atoms with E-state index in [1.807, 2.05) is 59.4 Å². The molecule has 1 aliphatic rings. The van der Waals surface area contributed by atoms with E-state index in [0.29, 0.717) is 13.1 Å². The summed E-state index contributed by atoms with van der Waals surface area (Å²) >= 11 is 0. The Morgan fingerprint density at radius 1 is 1.19 bits per heavy atom. The van der Waals surface area contributed by atoms with Crippen molar-refractivity contribution in [3.8, 4) is 5.69 Å². The average Bonchev–Trinajstić information content (AvgIpc) is 3.29. The van der Waals surface area contributed by atoms with E-state index in [1.54, 1.807) is 17.9 Å². The molecule has 0 fully saturated rings. The molecule has 3 heterocycles. The predicted octanol–water partition coefficient (Wildman–Crippen LogP) is 1.45. The molecule has 0 spiro atoms.